The predicted octanol–water partition coefficient (Wildman–Crippen LogP) is 2.77. The van der Waals surface area contributed by atoms with Crippen molar-refractivity contribution in [3.05, 3.63) is 52.3 Å². The zero-order valence-corrected chi connectivity index (χ0v) is 13.6. The summed E-state index contributed by atoms with van der Waals surface area (Å²) in [5, 5.41) is 9.76. The van der Waals surface area contributed by atoms with Crippen molar-refractivity contribution >= 4 is 23.3 Å². The minimum Gasteiger partial charge on any atom is -0.458 e. The molecule has 0 spiro atoms. The Hall–Kier alpha value is -2.67. The molecular formula is C16H16N4O2S. The van der Waals surface area contributed by atoms with Gasteiger partial charge in [0, 0.05) is 30.3 Å². The number of amides is 1. The van der Waals surface area contributed by atoms with Crippen molar-refractivity contribution in [2.24, 2.45) is 7.05 Å². The zero-order chi connectivity index (χ0) is 16.2. The highest BCUT2D eigenvalue weighted by molar-refractivity contribution is 7.09. The lowest BCUT2D eigenvalue weighted by Crippen LogP contribution is -2.19. The molecule has 118 valence electrons. The van der Waals surface area contributed by atoms with E-state index < -0.39 is 0 Å². The van der Waals surface area contributed by atoms with Crippen molar-refractivity contribution in [1.82, 2.24) is 20.1 Å². The Labute approximate surface area is 137 Å². The van der Waals surface area contributed by atoms with Crippen molar-refractivity contribution in [2.75, 3.05) is 0 Å². The number of hydrogen-bond acceptors (Lipinski definition) is 5. The number of hydrogen-bond donors (Lipinski definition) is 1. The highest BCUT2D eigenvalue weighted by Crippen LogP contribution is 2.23. The molecule has 23 heavy (non-hydrogen) atoms. The molecule has 0 aliphatic heterocycles. The van der Waals surface area contributed by atoms with Crippen LogP contribution in [0.2, 0.25) is 0 Å². The van der Waals surface area contributed by atoms with E-state index >= 15 is 0 Å². The molecule has 7 heteroatoms. The van der Waals surface area contributed by atoms with E-state index in [9.17, 15) is 4.79 Å². The van der Waals surface area contributed by atoms with Crippen LogP contribution in [0, 0.1) is 6.92 Å². The Morgan fingerprint density at radius 2 is 2.35 bits per heavy atom. The van der Waals surface area contributed by atoms with E-state index in [-0.39, 0.29) is 5.91 Å². The molecule has 3 heterocycles. The number of furan rings is 1. The molecule has 0 unspecified atom stereocenters. The van der Waals surface area contributed by atoms with Gasteiger partial charge in [-0.25, -0.2) is 4.98 Å². The molecule has 0 fully saturated rings. The normalized spacial score (nSPS) is 11.2. The maximum absolute atomic E-state index is 11.8. The molecule has 3 aromatic rings. The number of rotatable bonds is 5. The smallest absolute Gasteiger partial charge is 0.244 e. The summed E-state index contributed by atoms with van der Waals surface area (Å²) in [6.07, 6.45) is 6.72. The van der Waals surface area contributed by atoms with Gasteiger partial charge in [0.25, 0.3) is 0 Å². The van der Waals surface area contributed by atoms with Crippen molar-refractivity contribution in [2.45, 2.75) is 13.5 Å². The van der Waals surface area contributed by atoms with E-state index in [1.807, 2.05) is 37.7 Å². The van der Waals surface area contributed by atoms with E-state index in [0.717, 1.165) is 16.3 Å². The molecule has 0 saturated carbocycles. The molecular weight excluding hydrogens is 312 g/mol. The largest absolute Gasteiger partial charge is 0.458 e. The third-order valence-corrected chi connectivity index (χ3v) is 3.90. The van der Waals surface area contributed by atoms with Crippen molar-refractivity contribution in [1.29, 1.82) is 0 Å². The standard InChI is InChI=1S/C16H16N4O2S/c1-11-19-14(10-23-11)15-5-4-13(22-15)8-17-16(21)6-3-12-7-18-20(2)9-12/h3-7,9-10H,8H2,1-2H3,(H,17,21)/b6-3+. The molecule has 3 aromatic heterocycles. The first kappa shape index (κ1) is 15.2. The molecule has 0 saturated heterocycles. The van der Waals surface area contributed by atoms with Gasteiger partial charge in [0.2, 0.25) is 5.91 Å². The molecule has 0 bridgehead atoms. The van der Waals surface area contributed by atoms with Crippen LogP contribution < -0.4 is 5.32 Å². The molecule has 0 aliphatic carbocycles. The average molecular weight is 328 g/mol. The fraction of sp³-hybridized carbons (Fsp3) is 0.188. The van der Waals surface area contributed by atoms with Crippen LogP contribution in [0.1, 0.15) is 16.3 Å². The Balaban J connectivity index is 1.55. The zero-order valence-electron chi connectivity index (χ0n) is 12.8. The lowest BCUT2D eigenvalue weighted by molar-refractivity contribution is -0.116. The summed E-state index contributed by atoms with van der Waals surface area (Å²) in [5.41, 5.74) is 1.70. The summed E-state index contributed by atoms with van der Waals surface area (Å²) >= 11 is 1.58. The first-order valence-corrected chi connectivity index (χ1v) is 7.94. The van der Waals surface area contributed by atoms with Crippen LogP contribution >= 0.6 is 11.3 Å². The van der Waals surface area contributed by atoms with Crippen LogP contribution in [-0.2, 0) is 18.4 Å². The van der Waals surface area contributed by atoms with Crippen LogP contribution in [0.4, 0.5) is 0 Å². The summed E-state index contributed by atoms with van der Waals surface area (Å²) in [5.74, 6) is 1.22. The summed E-state index contributed by atoms with van der Waals surface area (Å²) in [4.78, 5) is 16.2. The average Bonchev–Trinajstić information content (AvgIpc) is 3.24. The Bertz CT molecular complexity index is 844. The third-order valence-electron chi connectivity index (χ3n) is 3.12. The van der Waals surface area contributed by atoms with Gasteiger partial charge in [-0.05, 0) is 25.1 Å². The third kappa shape index (κ3) is 3.95. The van der Waals surface area contributed by atoms with Gasteiger partial charge in [-0.1, -0.05) is 0 Å². The molecule has 0 atom stereocenters. The van der Waals surface area contributed by atoms with Crippen LogP contribution in [0.5, 0.6) is 0 Å². The molecule has 0 radical (unpaired) electrons. The SMILES string of the molecule is Cc1nc(-c2ccc(CNC(=O)/C=C/c3cnn(C)c3)o2)cs1. The van der Waals surface area contributed by atoms with E-state index in [2.05, 4.69) is 15.4 Å². The number of carbonyl (C=O) groups is 1. The van der Waals surface area contributed by atoms with E-state index in [1.165, 1.54) is 6.08 Å². The van der Waals surface area contributed by atoms with Crippen LogP contribution in [-0.4, -0.2) is 20.7 Å². The van der Waals surface area contributed by atoms with E-state index in [1.54, 1.807) is 28.3 Å². The number of aromatic nitrogens is 3. The second-order valence-electron chi connectivity index (χ2n) is 5.02. The van der Waals surface area contributed by atoms with Gasteiger partial charge in [0.05, 0.1) is 17.7 Å². The molecule has 1 N–H and O–H groups in total. The van der Waals surface area contributed by atoms with Gasteiger partial charge in [-0.3, -0.25) is 9.48 Å². The number of nitrogens with zero attached hydrogens (tertiary/aromatic N) is 3. The Morgan fingerprint density at radius 1 is 1.48 bits per heavy atom. The van der Waals surface area contributed by atoms with Gasteiger partial charge < -0.3 is 9.73 Å². The number of nitrogens with one attached hydrogen (secondary N) is 1. The van der Waals surface area contributed by atoms with Crippen LogP contribution in [0.3, 0.4) is 0 Å². The fourth-order valence-corrected chi connectivity index (χ4v) is 2.62. The van der Waals surface area contributed by atoms with Gasteiger partial charge in [-0.2, -0.15) is 5.10 Å². The predicted molar refractivity (Wildman–Crippen MR) is 88.6 cm³/mol. The molecule has 0 aromatic carbocycles. The van der Waals surface area contributed by atoms with Gasteiger partial charge in [0.1, 0.15) is 11.5 Å². The lowest BCUT2D eigenvalue weighted by Gasteiger charge is -1.98. The van der Waals surface area contributed by atoms with Crippen molar-refractivity contribution < 1.29 is 9.21 Å². The Kier molecular flexibility index (Phi) is 4.38. The first-order chi connectivity index (χ1) is 11.1. The maximum atomic E-state index is 11.8. The summed E-state index contributed by atoms with van der Waals surface area (Å²) in [6.45, 7) is 2.28. The van der Waals surface area contributed by atoms with Crippen LogP contribution in [0.15, 0.2) is 40.4 Å². The first-order valence-electron chi connectivity index (χ1n) is 7.06. The van der Waals surface area contributed by atoms with E-state index in [4.69, 9.17) is 4.42 Å². The minimum absolute atomic E-state index is 0.184. The van der Waals surface area contributed by atoms with Gasteiger partial charge >= 0.3 is 0 Å². The van der Waals surface area contributed by atoms with Crippen LogP contribution in [0.25, 0.3) is 17.5 Å². The topological polar surface area (TPSA) is 73.0 Å². The monoisotopic (exact) mass is 328 g/mol. The fourth-order valence-electron chi connectivity index (χ4n) is 2.02. The minimum atomic E-state index is -0.184. The highest BCUT2D eigenvalue weighted by Gasteiger charge is 2.08. The summed E-state index contributed by atoms with van der Waals surface area (Å²) in [6, 6.07) is 3.70. The van der Waals surface area contributed by atoms with Gasteiger partial charge in [-0.15, -0.1) is 11.3 Å². The number of thiazole rings is 1. The second-order valence-corrected chi connectivity index (χ2v) is 6.08. The number of aryl methyl sites for hydroxylation is 2. The van der Waals surface area contributed by atoms with Gasteiger partial charge in [0.15, 0.2) is 5.76 Å². The highest BCUT2D eigenvalue weighted by atomic mass is 32.1. The Morgan fingerprint density at radius 3 is 3.04 bits per heavy atom. The quantitative estimate of drug-likeness (QED) is 0.731. The summed E-state index contributed by atoms with van der Waals surface area (Å²) < 4.78 is 7.37. The van der Waals surface area contributed by atoms with Crippen molar-refractivity contribution in [3.8, 4) is 11.5 Å². The molecule has 6 nitrogen and oxygen atoms in total. The summed E-state index contributed by atoms with van der Waals surface area (Å²) in [7, 11) is 1.83. The molecule has 3 rings (SSSR count). The molecule has 1 amide bonds. The second kappa shape index (κ2) is 6.62. The molecule has 0 aliphatic rings. The maximum Gasteiger partial charge on any atom is 0.244 e. The number of carbonyl (C=O) groups excluding carboxylic acids is 1. The van der Waals surface area contributed by atoms with Crippen molar-refractivity contribution in [3.63, 3.8) is 0 Å². The van der Waals surface area contributed by atoms with E-state index in [0.29, 0.717) is 18.1 Å². The lowest BCUT2D eigenvalue weighted by atomic mass is 10.3.